The number of nitro groups is 1. The first kappa shape index (κ1) is 22.0. The van der Waals surface area contributed by atoms with Gasteiger partial charge in [-0.25, -0.2) is 4.90 Å². The molecular weight excluding hydrogens is 434 g/mol. The molecule has 0 radical (unpaired) electrons. The third-order valence-electron chi connectivity index (χ3n) is 6.07. The van der Waals surface area contributed by atoms with Crippen LogP contribution in [0.4, 0.5) is 11.4 Å². The molecule has 4 rings (SSSR count). The van der Waals surface area contributed by atoms with Gasteiger partial charge in [0, 0.05) is 17.7 Å². The van der Waals surface area contributed by atoms with Crippen LogP contribution in [0.1, 0.15) is 48.9 Å². The summed E-state index contributed by atoms with van der Waals surface area (Å²) < 4.78 is 0. The zero-order valence-corrected chi connectivity index (χ0v) is 18.0. The van der Waals surface area contributed by atoms with E-state index in [1.807, 2.05) is 0 Å². The van der Waals surface area contributed by atoms with Gasteiger partial charge in [-0.1, -0.05) is 49.1 Å². The number of hydrogen-bond acceptors (Lipinski definition) is 5. The lowest BCUT2D eigenvalue weighted by molar-refractivity contribution is -0.384. The number of benzene rings is 2. The molecule has 1 heterocycles. The highest BCUT2D eigenvalue weighted by atomic mass is 35.5. The van der Waals surface area contributed by atoms with E-state index in [4.69, 9.17) is 11.6 Å². The lowest BCUT2D eigenvalue weighted by Gasteiger charge is -2.37. The SMILES string of the molecule is O=C1CC(N(C(=O)c2ccc(Cl)c([N+](=O)[O-])c2)C2CCCCC2)C(=O)N1c1ccccc1. The van der Waals surface area contributed by atoms with Crippen LogP contribution in [-0.4, -0.2) is 39.6 Å². The van der Waals surface area contributed by atoms with Crippen molar-refractivity contribution in [2.24, 2.45) is 0 Å². The van der Waals surface area contributed by atoms with Crippen molar-refractivity contribution in [3.8, 4) is 0 Å². The van der Waals surface area contributed by atoms with Crippen molar-refractivity contribution in [2.75, 3.05) is 4.90 Å². The molecule has 0 N–H and O–H groups in total. The molecule has 9 heteroatoms. The largest absolute Gasteiger partial charge is 0.323 e. The molecule has 2 aromatic carbocycles. The number of rotatable bonds is 5. The number of amides is 3. The number of halogens is 1. The molecule has 3 amide bonds. The summed E-state index contributed by atoms with van der Waals surface area (Å²) in [6, 6.07) is 11.3. The molecule has 1 saturated carbocycles. The van der Waals surface area contributed by atoms with Gasteiger partial charge in [-0.3, -0.25) is 24.5 Å². The average Bonchev–Trinajstić information content (AvgIpc) is 3.08. The van der Waals surface area contributed by atoms with Crippen LogP contribution < -0.4 is 4.90 Å². The van der Waals surface area contributed by atoms with Crippen LogP contribution in [0.25, 0.3) is 0 Å². The minimum absolute atomic E-state index is 0.0712. The Morgan fingerprint density at radius 2 is 1.75 bits per heavy atom. The minimum atomic E-state index is -0.951. The Hall–Kier alpha value is -3.26. The Kier molecular flexibility index (Phi) is 6.23. The van der Waals surface area contributed by atoms with Gasteiger partial charge in [0.05, 0.1) is 17.0 Å². The third-order valence-corrected chi connectivity index (χ3v) is 6.38. The number of nitro benzene ring substituents is 1. The van der Waals surface area contributed by atoms with Gasteiger partial charge in [0.1, 0.15) is 11.1 Å². The molecule has 1 atom stereocenters. The van der Waals surface area contributed by atoms with E-state index in [0.717, 1.165) is 30.2 Å². The monoisotopic (exact) mass is 455 g/mol. The maximum absolute atomic E-state index is 13.6. The predicted octanol–water partition coefficient (Wildman–Crippen LogP) is 4.36. The Morgan fingerprint density at radius 3 is 2.41 bits per heavy atom. The van der Waals surface area contributed by atoms with Crippen LogP contribution in [0.2, 0.25) is 5.02 Å². The molecule has 2 aliphatic rings. The van der Waals surface area contributed by atoms with E-state index in [1.165, 1.54) is 17.0 Å². The van der Waals surface area contributed by atoms with Crippen LogP contribution >= 0.6 is 11.6 Å². The van der Waals surface area contributed by atoms with Gasteiger partial charge in [-0.2, -0.15) is 0 Å². The fourth-order valence-corrected chi connectivity index (χ4v) is 4.72. The molecule has 2 fully saturated rings. The Balaban J connectivity index is 1.71. The summed E-state index contributed by atoms with van der Waals surface area (Å²) in [4.78, 5) is 53.0. The molecule has 1 aliphatic heterocycles. The van der Waals surface area contributed by atoms with Crippen molar-refractivity contribution in [3.05, 3.63) is 69.2 Å². The summed E-state index contributed by atoms with van der Waals surface area (Å²) in [6.07, 6.45) is 4.17. The number of hydrogen-bond donors (Lipinski definition) is 0. The standard InChI is InChI=1S/C23H22ClN3O5/c24-18-12-11-15(13-19(18)27(31)32)22(29)25(16-7-3-1-4-8-16)20-14-21(28)26(23(20)30)17-9-5-2-6-10-17/h2,5-6,9-13,16,20H,1,3-4,7-8,14H2. The molecule has 8 nitrogen and oxygen atoms in total. The quantitative estimate of drug-likeness (QED) is 0.379. The van der Waals surface area contributed by atoms with Gasteiger partial charge in [0.15, 0.2) is 0 Å². The van der Waals surface area contributed by atoms with Crippen molar-refractivity contribution in [2.45, 2.75) is 50.6 Å². The van der Waals surface area contributed by atoms with E-state index < -0.39 is 22.8 Å². The van der Waals surface area contributed by atoms with Crippen molar-refractivity contribution < 1.29 is 19.3 Å². The van der Waals surface area contributed by atoms with E-state index in [1.54, 1.807) is 30.3 Å². The fraction of sp³-hybridized carbons (Fsp3) is 0.348. The number of para-hydroxylation sites is 1. The van der Waals surface area contributed by atoms with Crippen molar-refractivity contribution in [1.29, 1.82) is 0 Å². The second-order valence-electron chi connectivity index (χ2n) is 8.05. The maximum atomic E-state index is 13.6. The molecule has 1 unspecified atom stereocenters. The summed E-state index contributed by atoms with van der Waals surface area (Å²) in [5.41, 5.74) is 0.161. The van der Waals surface area contributed by atoms with E-state index in [0.29, 0.717) is 18.5 Å². The van der Waals surface area contributed by atoms with Crippen LogP contribution in [-0.2, 0) is 9.59 Å². The zero-order valence-electron chi connectivity index (χ0n) is 17.3. The summed E-state index contributed by atoms with van der Waals surface area (Å²) in [6.45, 7) is 0. The molecule has 166 valence electrons. The Bertz CT molecular complexity index is 1070. The number of carbonyl (C=O) groups is 3. The number of carbonyl (C=O) groups excluding carboxylic acids is 3. The number of nitrogens with zero attached hydrogens (tertiary/aromatic N) is 3. The fourth-order valence-electron chi connectivity index (χ4n) is 4.54. The second kappa shape index (κ2) is 9.08. The van der Waals surface area contributed by atoms with Gasteiger partial charge >= 0.3 is 0 Å². The highest BCUT2D eigenvalue weighted by Crippen LogP contribution is 2.33. The Labute approximate surface area is 189 Å². The summed E-state index contributed by atoms with van der Waals surface area (Å²) in [5.74, 6) is -1.33. The van der Waals surface area contributed by atoms with Gasteiger partial charge in [0.25, 0.3) is 17.5 Å². The maximum Gasteiger partial charge on any atom is 0.288 e. The van der Waals surface area contributed by atoms with Crippen molar-refractivity contribution in [1.82, 2.24) is 4.90 Å². The first-order valence-corrected chi connectivity index (χ1v) is 10.9. The van der Waals surface area contributed by atoms with Gasteiger partial charge in [0.2, 0.25) is 5.91 Å². The third kappa shape index (κ3) is 4.10. The Morgan fingerprint density at radius 1 is 1.06 bits per heavy atom. The van der Waals surface area contributed by atoms with Crippen LogP contribution in [0.5, 0.6) is 0 Å². The van der Waals surface area contributed by atoms with Crippen LogP contribution in [0.15, 0.2) is 48.5 Å². The first-order chi connectivity index (χ1) is 15.4. The van der Waals surface area contributed by atoms with E-state index >= 15 is 0 Å². The molecule has 0 aromatic heterocycles. The van der Waals surface area contributed by atoms with Crippen LogP contribution in [0.3, 0.4) is 0 Å². The first-order valence-electron chi connectivity index (χ1n) is 10.6. The molecule has 1 aliphatic carbocycles. The van der Waals surface area contributed by atoms with Crippen LogP contribution in [0, 0.1) is 10.1 Å². The smallest absolute Gasteiger partial charge is 0.288 e. The van der Waals surface area contributed by atoms with Gasteiger partial charge < -0.3 is 4.90 Å². The summed E-state index contributed by atoms with van der Waals surface area (Å²) in [5, 5.41) is 11.2. The number of anilines is 1. The second-order valence-corrected chi connectivity index (χ2v) is 8.46. The predicted molar refractivity (Wildman–Crippen MR) is 118 cm³/mol. The topological polar surface area (TPSA) is 101 Å². The summed E-state index contributed by atoms with van der Waals surface area (Å²) in [7, 11) is 0. The van der Waals surface area contributed by atoms with Gasteiger partial charge in [-0.15, -0.1) is 0 Å². The molecule has 32 heavy (non-hydrogen) atoms. The van der Waals surface area contributed by atoms with E-state index in [2.05, 4.69) is 0 Å². The molecule has 1 saturated heterocycles. The zero-order chi connectivity index (χ0) is 22.8. The summed E-state index contributed by atoms with van der Waals surface area (Å²) >= 11 is 5.91. The lowest BCUT2D eigenvalue weighted by Crippen LogP contribution is -2.51. The average molecular weight is 456 g/mol. The van der Waals surface area contributed by atoms with E-state index in [9.17, 15) is 24.5 Å². The number of imide groups is 1. The molecular formula is C23H22ClN3O5. The minimum Gasteiger partial charge on any atom is -0.323 e. The van der Waals surface area contributed by atoms with Crippen molar-refractivity contribution in [3.63, 3.8) is 0 Å². The lowest BCUT2D eigenvalue weighted by atomic mass is 9.92. The van der Waals surface area contributed by atoms with Gasteiger partial charge in [-0.05, 0) is 37.1 Å². The highest BCUT2D eigenvalue weighted by molar-refractivity contribution is 6.32. The van der Waals surface area contributed by atoms with E-state index in [-0.39, 0.29) is 34.6 Å². The molecule has 0 bridgehead atoms. The molecule has 0 spiro atoms. The highest BCUT2D eigenvalue weighted by Gasteiger charge is 2.46. The normalized spacial score (nSPS) is 19.3. The molecule has 2 aromatic rings. The van der Waals surface area contributed by atoms with Crippen molar-refractivity contribution >= 4 is 40.7 Å².